The molecule has 1 fully saturated rings. The van der Waals surface area contributed by atoms with E-state index < -0.39 is 5.41 Å². The van der Waals surface area contributed by atoms with Crippen molar-refractivity contribution in [1.82, 2.24) is 0 Å². The van der Waals surface area contributed by atoms with Gasteiger partial charge in [-0.3, -0.25) is 4.79 Å². The Morgan fingerprint density at radius 2 is 1.77 bits per heavy atom. The van der Waals surface area contributed by atoms with Gasteiger partial charge in [-0.1, -0.05) is 49.4 Å². The molecule has 2 nitrogen and oxygen atoms in total. The highest BCUT2D eigenvalue weighted by Crippen LogP contribution is 2.66. The molecular weight excluding hydrogens is 279 g/mol. The molecule has 2 aromatic rings. The SMILES string of the molecule is CCOC(=O)[C@]1(c2ccc(F)cc2)C(C)C1c1ccccc1. The first kappa shape index (κ1) is 14.8. The molecule has 3 atom stereocenters. The molecule has 22 heavy (non-hydrogen) atoms. The Kier molecular flexibility index (Phi) is 3.73. The monoisotopic (exact) mass is 298 g/mol. The van der Waals surface area contributed by atoms with Gasteiger partial charge in [-0.05, 0) is 36.1 Å². The van der Waals surface area contributed by atoms with E-state index in [1.165, 1.54) is 12.1 Å². The van der Waals surface area contributed by atoms with E-state index in [4.69, 9.17) is 4.74 Å². The Labute approximate surface area is 129 Å². The van der Waals surface area contributed by atoms with Gasteiger partial charge in [-0.2, -0.15) is 0 Å². The fourth-order valence-electron chi connectivity index (χ4n) is 3.62. The highest BCUT2D eigenvalue weighted by Gasteiger charge is 2.69. The second-order valence-corrected chi connectivity index (χ2v) is 5.77. The lowest BCUT2D eigenvalue weighted by atomic mass is 9.90. The molecule has 0 amide bonds. The van der Waals surface area contributed by atoms with E-state index in [0.29, 0.717) is 6.61 Å². The zero-order valence-electron chi connectivity index (χ0n) is 12.8. The van der Waals surface area contributed by atoms with E-state index in [-0.39, 0.29) is 23.6 Å². The molecule has 0 aromatic heterocycles. The summed E-state index contributed by atoms with van der Waals surface area (Å²) in [7, 11) is 0. The van der Waals surface area contributed by atoms with Gasteiger partial charge >= 0.3 is 5.97 Å². The van der Waals surface area contributed by atoms with E-state index in [2.05, 4.69) is 6.92 Å². The smallest absolute Gasteiger partial charge is 0.317 e. The van der Waals surface area contributed by atoms with Gasteiger partial charge in [0.25, 0.3) is 0 Å². The number of ether oxygens (including phenoxy) is 1. The lowest BCUT2D eigenvalue weighted by Crippen LogP contribution is -2.26. The van der Waals surface area contributed by atoms with Gasteiger partial charge < -0.3 is 4.74 Å². The molecule has 0 bridgehead atoms. The maximum absolute atomic E-state index is 13.2. The fraction of sp³-hybridized carbons (Fsp3) is 0.316. The predicted octanol–water partition coefficient (Wildman–Crippen LogP) is 4.06. The Balaban J connectivity index is 2.06. The minimum absolute atomic E-state index is 0.0678. The second-order valence-electron chi connectivity index (χ2n) is 5.77. The Morgan fingerprint density at radius 1 is 1.14 bits per heavy atom. The van der Waals surface area contributed by atoms with Gasteiger partial charge in [0, 0.05) is 5.92 Å². The van der Waals surface area contributed by atoms with E-state index >= 15 is 0 Å². The highest BCUT2D eigenvalue weighted by molar-refractivity contribution is 5.90. The van der Waals surface area contributed by atoms with Crippen LogP contribution in [0.1, 0.15) is 30.9 Å². The Bertz CT molecular complexity index is 666. The van der Waals surface area contributed by atoms with Crippen LogP contribution in [0.15, 0.2) is 54.6 Å². The summed E-state index contributed by atoms with van der Waals surface area (Å²) in [6.07, 6.45) is 0. The van der Waals surface area contributed by atoms with Crippen LogP contribution >= 0.6 is 0 Å². The van der Waals surface area contributed by atoms with Crippen LogP contribution in [0.25, 0.3) is 0 Å². The number of carbonyl (C=O) groups is 1. The zero-order valence-corrected chi connectivity index (χ0v) is 12.8. The minimum Gasteiger partial charge on any atom is -0.465 e. The van der Waals surface area contributed by atoms with Crippen LogP contribution in [0, 0.1) is 11.7 Å². The van der Waals surface area contributed by atoms with E-state index in [1.54, 1.807) is 19.1 Å². The van der Waals surface area contributed by atoms with Crippen LogP contribution in [-0.4, -0.2) is 12.6 Å². The van der Waals surface area contributed by atoms with E-state index in [0.717, 1.165) is 11.1 Å². The van der Waals surface area contributed by atoms with Crippen LogP contribution in [0.5, 0.6) is 0 Å². The Morgan fingerprint density at radius 3 is 2.36 bits per heavy atom. The summed E-state index contributed by atoms with van der Waals surface area (Å²) in [5, 5.41) is 0. The summed E-state index contributed by atoms with van der Waals surface area (Å²) in [5.41, 5.74) is 1.24. The summed E-state index contributed by atoms with van der Waals surface area (Å²) in [6, 6.07) is 16.2. The van der Waals surface area contributed by atoms with Crippen molar-refractivity contribution in [3.63, 3.8) is 0 Å². The van der Waals surface area contributed by atoms with Gasteiger partial charge in [0.2, 0.25) is 0 Å². The zero-order chi connectivity index (χ0) is 15.7. The highest BCUT2D eigenvalue weighted by atomic mass is 19.1. The number of hydrogen-bond donors (Lipinski definition) is 0. The molecule has 0 spiro atoms. The average molecular weight is 298 g/mol. The van der Waals surface area contributed by atoms with Gasteiger partial charge in [0.05, 0.1) is 6.61 Å². The number of rotatable bonds is 4. The molecule has 0 saturated heterocycles. The molecule has 0 heterocycles. The number of esters is 1. The number of carbonyl (C=O) groups excluding carboxylic acids is 1. The normalized spacial score (nSPS) is 26.5. The molecular formula is C19H19FO2. The third-order valence-electron chi connectivity index (χ3n) is 4.69. The van der Waals surface area contributed by atoms with Crippen molar-refractivity contribution >= 4 is 5.97 Å². The molecule has 2 aromatic carbocycles. The summed E-state index contributed by atoms with van der Waals surface area (Å²) < 4.78 is 18.6. The van der Waals surface area contributed by atoms with Gasteiger partial charge in [0.15, 0.2) is 0 Å². The number of benzene rings is 2. The number of hydrogen-bond acceptors (Lipinski definition) is 2. The maximum atomic E-state index is 13.2. The lowest BCUT2D eigenvalue weighted by Gasteiger charge is -2.17. The molecule has 3 rings (SSSR count). The van der Waals surface area contributed by atoms with Crippen molar-refractivity contribution in [3.05, 3.63) is 71.5 Å². The van der Waals surface area contributed by atoms with Crippen molar-refractivity contribution in [2.45, 2.75) is 25.2 Å². The van der Waals surface area contributed by atoms with Crippen LogP contribution in [0.2, 0.25) is 0 Å². The largest absolute Gasteiger partial charge is 0.465 e. The maximum Gasteiger partial charge on any atom is 0.317 e. The summed E-state index contributed by atoms with van der Waals surface area (Å²) >= 11 is 0. The topological polar surface area (TPSA) is 26.3 Å². The van der Waals surface area contributed by atoms with Gasteiger partial charge in [-0.15, -0.1) is 0 Å². The first-order valence-corrected chi connectivity index (χ1v) is 7.60. The minimum atomic E-state index is -0.703. The summed E-state index contributed by atoms with van der Waals surface area (Å²) in [5.74, 6) is -0.326. The third-order valence-corrected chi connectivity index (χ3v) is 4.69. The average Bonchev–Trinajstić information content (AvgIpc) is 3.16. The molecule has 1 aliphatic rings. The van der Waals surface area contributed by atoms with Crippen molar-refractivity contribution < 1.29 is 13.9 Å². The molecule has 0 aliphatic heterocycles. The van der Waals surface area contributed by atoms with Crippen molar-refractivity contribution in [2.75, 3.05) is 6.61 Å². The van der Waals surface area contributed by atoms with E-state index in [1.807, 2.05) is 30.3 Å². The molecule has 0 N–H and O–H groups in total. The van der Waals surface area contributed by atoms with Crippen LogP contribution < -0.4 is 0 Å². The summed E-state index contributed by atoms with van der Waals surface area (Å²) in [4.78, 5) is 12.7. The lowest BCUT2D eigenvalue weighted by molar-refractivity contribution is -0.146. The first-order valence-electron chi connectivity index (χ1n) is 7.60. The Hall–Kier alpha value is -2.16. The standard InChI is InChI=1S/C19H19FO2/c1-3-22-18(21)19(15-9-11-16(20)12-10-15)13(2)17(19)14-7-5-4-6-8-14/h4-13,17H,3H2,1-2H3/t13?,17?,19-/m0/s1. The fourth-order valence-corrected chi connectivity index (χ4v) is 3.62. The number of halogens is 1. The molecule has 114 valence electrons. The van der Waals surface area contributed by atoms with Crippen molar-refractivity contribution in [1.29, 1.82) is 0 Å². The van der Waals surface area contributed by atoms with Gasteiger partial charge in [-0.25, -0.2) is 4.39 Å². The second kappa shape index (κ2) is 5.56. The third kappa shape index (κ3) is 2.12. The van der Waals surface area contributed by atoms with Crippen LogP contribution in [0.3, 0.4) is 0 Å². The molecule has 0 radical (unpaired) electrons. The van der Waals surface area contributed by atoms with Crippen molar-refractivity contribution in [3.8, 4) is 0 Å². The van der Waals surface area contributed by atoms with E-state index in [9.17, 15) is 9.18 Å². The molecule has 1 aliphatic carbocycles. The van der Waals surface area contributed by atoms with Gasteiger partial charge in [0.1, 0.15) is 11.2 Å². The van der Waals surface area contributed by atoms with Crippen LogP contribution in [-0.2, 0) is 14.9 Å². The molecule has 3 heteroatoms. The predicted molar refractivity (Wildman–Crippen MR) is 83.1 cm³/mol. The molecule has 2 unspecified atom stereocenters. The quantitative estimate of drug-likeness (QED) is 0.796. The van der Waals surface area contributed by atoms with Crippen LogP contribution in [0.4, 0.5) is 4.39 Å². The molecule has 1 saturated carbocycles. The first-order chi connectivity index (χ1) is 10.6. The van der Waals surface area contributed by atoms with Crippen molar-refractivity contribution in [2.24, 2.45) is 5.92 Å². The summed E-state index contributed by atoms with van der Waals surface area (Å²) in [6.45, 7) is 4.20.